The number of nitrogens with zero attached hydrogens (tertiary/aromatic N) is 7. The molecule has 5 aliphatic carbocycles. The lowest BCUT2D eigenvalue weighted by atomic mass is 9.78. The third-order valence-electron chi connectivity index (χ3n) is 22.6. The van der Waals surface area contributed by atoms with Crippen molar-refractivity contribution in [2.24, 2.45) is 35.5 Å². The maximum atomic E-state index is 15.6. The van der Waals surface area contributed by atoms with Gasteiger partial charge in [-0.2, -0.15) is 13.2 Å². The Balaban J connectivity index is 1.22. The van der Waals surface area contributed by atoms with Crippen molar-refractivity contribution in [2.75, 3.05) is 75.0 Å². The first-order valence-electron chi connectivity index (χ1n) is 35.8. The van der Waals surface area contributed by atoms with Gasteiger partial charge < -0.3 is 55.6 Å². The summed E-state index contributed by atoms with van der Waals surface area (Å²) in [6, 6.07) is -6.84. The van der Waals surface area contributed by atoms with Gasteiger partial charge in [0.15, 0.2) is 0 Å². The van der Waals surface area contributed by atoms with Crippen molar-refractivity contribution in [3.63, 3.8) is 0 Å². The van der Waals surface area contributed by atoms with E-state index in [1.807, 2.05) is 6.92 Å². The Morgan fingerprint density at radius 3 is 1.79 bits per heavy atom. The maximum Gasteiger partial charge on any atom is 0.393 e. The lowest BCUT2D eigenvalue weighted by Gasteiger charge is -2.43. The number of carbonyl (C=O) groups excluding carboxylic acids is 11. The molecule has 10 atom stereocenters. The van der Waals surface area contributed by atoms with E-state index < -0.39 is 156 Å². The van der Waals surface area contributed by atoms with E-state index in [0.717, 1.165) is 61.2 Å². The molecular weight excluding hydrogens is 1270 g/mol. The monoisotopic (exact) mass is 1380 g/mol. The molecule has 4 N–H and O–H groups in total. The molecule has 1 spiro atoms. The van der Waals surface area contributed by atoms with Gasteiger partial charge in [-0.15, -0.1) is 11.6 Å². The van der Waals surface area contributed by atoms with Crippen LogP contribution in [0.4, 0.5) is 17.6 Å². The number of halogens is 5. The predicted octanol–water partition coefficient (Wildman–Crippen LogP) is 6.63. The SMILES string of the molecule is CC[C@H](C)[C@@H]1NC(=O)CCNC(=O)[C@H](CC2CCC(F)CC2)N(C)C(=O)[C@H](C2CCCCC2)N(C)C(=O)C2(CCCC2)NC(=O)[C@@H]2CCCN2C(=O)[C@H](CCC2CCC(C(F)(F)F)C(Cl)C2)NC(=O)CN(C)C(=O)[C@H](CC2CCCCC2)N(C)C(=O)CN(C)C(=O)CN(C)C1=O. The first-order valence-corrected chi connectivity index (χ1v) is 36.3. The highest BCUT2D eigenvalue weighted by atomic mass is 35.5. The van der Waals surface area contributed by atoms with Gasteiger partial charge in [0.2, 0.25) is 65.0 Å². The van der Waals surface area contributed by atoms with Crippen LogP contribution in [-0.4, -0.2) is 234 Å². The van der Waals surface area contributed by atoms with Crippen molar-refractivity contribution >= 4 is 76.6 Å². The highest BCUT2D eigenvalue weighted by Gasteiger charge is 2.52. The second-order valence-electron chi connectivity index (χ2n) is 29.5. The zero-order chi connectivity index (χ0) is 70.3. The van der Waals surface area contributed by atoms with Gasteiger partial charge in [-0.25, -0.2) is 4.39 Å². The molecule has 96 heavy (non-hydrogen) atoms. The largest absolute Gasteiger partial charge is 0.393 e. The van der Waals surface area contributed by atoms with Crippen molar-refractivity contribution in [3.8, 4) is 0 Å². The Labute approximate surface area is 570 Å². The molecule has 3 unspecified atom stereocenters. The minimum atomic E-state index is -4.50. The van der Waals surface area contributed by atoms with Gasteiger partial charge >= 0.3 is 6.18 Å². The van der Waals surface area contributed by atoms with Crippen molar-refractivity contribution in [1.29, 1.82) is 0 Å². The number of alkyl halides is 5. The fraction of sp³-hybridized carbons (Fsp3) is 0.841. The van der Waals surface area contributed by atoms with E-state index in [2.05, 4.69) is 21.3 Å². The second-order valence-corrected chi connectivity index (χ2v) is 30.0. The summed E-state index contributed by atoms with van der Waals surface area (Å²) in [7, 11) is 8.72. The number of hydrogen-bond donors (Lipinski definition) is 4. The summed E-state index contributed by atoms with van der Waals surface area (Å²) in [6.45, 7) is 1.95. The first-order chi connectivity index (χ1) is 45.4. The molecule has 27 heteroatoms. The minimum Gasteiger partial charge on any atom is -0.354 e. The van der Waals surface area contributed by atoms with Crippen LogP contribution >= 0.6 is 11.6 Å². The number of nitrogens with one attached hydrogen (secondary N) is 4. The average molecular weight is 1380 g/mol. The van der Waals surface area contributed by atoms with Gasteiger partial charge in [-0.3, -0.25) is 52.7 Å². The van der Waals surface area contributed by atoms with E-state index in [1.165, 1.54) is 59.7 Å². The number of likely N-dealkylation sites (N-methyl/N-ethyl adjacent to an activating group) is 6. The number of rotatable bonds is 10. The van der Waals surface area contributed by atoms with Gasteiger partial charge in [-0.05, 0) is 139 Å². The summed E-state index contributed by atoms with van der Waals surface area (Å²) in [5, 5.41) is 10.4. The van der Waals surface area contributed by atoms with E-state index in [4.69, 9.17) is 11.6 Å². The zero-order valence-electron chi connectivity index (χ0n) is 58.1. The van der Waals surface area contributed by atoms with Crippen LogP contribution in [-0.2, 0) is 52.7 Å². The maximum absolute atomic E-state index is 15.6. The Morgan fingerprint density at radius 1 is 0.573 bits per heavy atom. The van der Waals surface area contributed by atoms with Crippen molar-refractivity contribution in [1.82, 2.24) is 55.6 Å². The van der Waals surface area contributed by atoms with Crippen LogP contribution in [0.2, 0.25) is 0 Å². The fourth-order valence-electron chi connectivity index (χ4n) is 16.3. The van der Waals surface area contributed by atoms with Gasteiger partial charge in [0.1, 0.15) is 48.0 Å². The molecule has 0 bridgehead atoms. The zero-order valence-corrected chi connectivity index (χ0v) is 58.9. The van der Waals surface area contributed by atoms with Crippen LogP contribution in [0.3, 0.4) is 0 Å². The smallest absolute Gasteiger partial charge is 0.354 e. The standard InChI is InChI=1S/C69H110ClF4N11O11/c1-9-43(2)59-65(94)81(5)41-57(88)79(3)42-58(89)82(6)54(39-44-19-12-10-13-20-44)64(93)80(4)40-56(87)76-51(31-27-45-26-30-49(50(70)37-45)69(72,73)74)63(92)85-36-18-23-52(85)62(91)78-68(33-16-17-34-68)67(96)84(8)60(47-21-14-11-15-22-47)66(95)83(7)53(38-46-24-28-48(71)29-25-46)61(90)75-35-32-55(86)77-59/h43-54,59-60H,9-42H2,1-8H3,(H,75,90)(H,76,87)(H,77,86)(H,78,91)/t43-,45?,46?,48?,49?,50?,51-,52-,53-,54-,59-,60-/m0/s1. The molecule has 0 aromatic heterocycles. The van der Waals surface area contributed by atoms with E-state index in [0.29, 0.717) is 64.2 Å². The van der Waals surface area contributed by atoms with E-state index >= 15 is 19.2 Å². The third-order valence-corrected chi connectivity index (χ3v) is 23.1. The molecule has 5 saturated carbocycles. The number of amides is 11. The summed E-state index contributed by atoms with van der Waals surface area (Å²) in [5.41, 5.74) is -1.51. The molecular formula is C69H110ClF4N11O11. The van der Waals surface area contributed by atoms with Crippen molar-refractivity contribution in [3.05, 3.63) is 0 Å². The molecule has 11 amide bonds. The molecule has 542 valence electrons. The number of fused-ring (bicyclic) bond motifs is 1. The molecule has 22 nitrogen and oxygen atoms in total. The Kier molecular flexibility index (Phi) is 28.5. The summed E-state index contributed by atoms with van der Waals surface area (Å²) in [6.07, 6.45) is 6.92. The highest BCUT2D eigenvalue weighted by Crippen LogP contribution is 2.44. The average Bonchev–Trinajstić information content (AvgIpc) is 1.43. The van der Waals surface area contributed by atoms with E-state index in [9.17, 15) is 51.1 Å². The topological polar surface area (TPSA) is 259 Å². The number of hydrogen-bond acceptors (Lipinski definition) is 11. The van der Waals surface area contributed by atoms with E-state index in [-0.39, 0.29) is 107 Å². The summed E-state index contributed by atoms with van der Waals surface area (Å²) < 4.78 is 56.5. The van der Waals surface area contributed by atoms with Crippen molar-refractivity contribution < 1.29 is 70.3 Å². The second kappa shape index (κ2) is 35.3. The lowest BCUT2D eigenvalue weighted by Crippen LogP contribution is -2.65. The molecule has 0 radical (unpaired) electrons. The highest BCUT2D eigenvalue weighted by molar-refractivity contribution is 6.20. The van der Waals surface area contributed by atoms with E-state index in [1.54, 1.807) is 14.0 Å². The lowest BCUT2D eigenvalue weighted by molar-refractivity contribution is -0.182. The summed E-state index contributed by atoms with van der Waals surface area (Å²) >= 11 is 6.39. The van der Waals surface area contributed by atoms with Crippen LogP contribution < -0.4 is 21.3 Å². The fourth-order valence-corrected chi connectivity index (χ4v) is 16.8. The third kappa shape index (κ3) is 20.2. The molecule has 0 aromatic carbocycles. The molecule has 2 saturated heterocycles. The normalized spacial score (nSPS) is 31.5. The first kappa shape index (κ1) is 77.5. The molecule has 7 aliphatic rings. The van der Waals surface area contributed by atoms with Crippen molar-refractivity contribution in [2.45, 2.75) is 260 Å². The Morgan fingerprint density at radius 2 is 1.17 bits per heavy atom. The molecule has 7 rings (SSSR count). The van der Waals surface area contributed by atoms with Crippen LogP contribution in [0.25, 0.3) is 0 Å². The molecule has 7 fully saturated rings. The Bertz CT molecular complexity index is 2720. The van der Waals surface area contributed by atoms with Gasteiger partial charge in [0, 0.05) is 67.2 Å². The van der Waals surface area contributed by atoms with Crippen LogP contribution in [0.1, 0.15) is 200 Å². The summed E-state index contributed by atoms with van der Waals surface area (Å²) in [4.78, 5) is 171. The quantitative estimate of drug-likeness (QED) is 0.133. The molecule has 2 heterocycles. The van der Waals surface area contributed by atoms with Crippen LogP contribution in [0.5, 0.6) is 0 Å². The molecule has 0 aromatic rings. The number of carbonyl (C=O) groups is 11. The van der Waals surface area contributed by atoms with Crippen LogP contribution in [0, 0.1) is 35.5 Å². The minimum absolute atomic E-state index is 0.00789. The van der Waals surface area contributed by atoms with Gasteiger partial charge in [0.25, 0.3) is 0 Å². The Hall–Kier alpha value is -5.82. The van der Waals surface area contributed by atoms with Gasteiger partial charge in [0.05, 0.1) is 25.6 Å². The van der Waals surface area contributed by atoms with Gasteiger partial charge in [-0.1, -0.05) is 84.5 Å². The predicted molar refractivity (Wildman–Crippen MR) is 353 cm³/mol. The summed E-state index contributed by atoms with van der Waals surface area (Å²) in [5.74, 6) is -9.46. The van der Waals surface area contributed by atoms with Crippen LogP contribution in [0.15, 0.2) is 0 Å². The molecule has 2 aliphatic heterocycles.